The maximum Gasteiger partial charge on any atom is 0.162 e. The molecule has 1 atom stereocenters. The summed E-state index contributed by atoms with van der Waals surface area (Å²) in [5.74, 6) is 0.180. The number of hydrogen-bond acceptors (Lipinski definition) is 3. The van der Waals surface area contributed by atoms with Crippen LogP contribution in [0.4, 0.5) is 4.39 Å². The van der Waals surface area contributed by atoms with Gasteiger partial charge in [-0.3, -0.25) is 4.68 Å². The lowest BCUT2D eigenvalue weighted by Gasteiger charge is -2.13. The Morgan fingerprint density at radius 2 is 2.17 bits per heavy atom. The monoisotopic (exact) mass is 250 g/mol. The summed E-state index contributed by atoms with van der Waals surface area (Å²) in [7, 11) is 3.22. The third kappa shape index (κ3) is 2.36. The fourth-order valence-corrected chi connectivity index (χ4v) is 1.93. The van der Waals surface area contributed by atoms with Gasteiger partial charge in [0.15, 0.2) is 5.75 Å². The molecule has 0 radical (unpaired) electrons. The zero-order chi connectivity index (χ0) is 13.1. The summed E-state index contributed by atoms with van der Waals surface area (Å²) >= 11 is 0. The normalized spacial score (nSPS) is 12.4. The van der Waals surface area contributed by atoms with Gasteiger partial charge in [0.25, 0.3) is 0 Å². The highest BCUT2D eigenvalue weighted by molar-refractivity contribution is 5.29. The van der Waals surface area contributed by atoms with Crippen LogP contribution in [0.2, 0.25) is 0 Å². The first kappa shape index (κ1) is 12.6. The Labute approximate surface area is 105 Å². The molecule has 0 spiro atoms. The van der Waals surface area contributed by atoms with Gasteiger partial charge in [0, 0.05) is 13.5 Å². The molecule has 1 unspecified atom stereocenters. The molecule has 0 fully saturated rings. The SMILES string of the molecule is COc1cnn(C)c1C(O)Cc1ccccc1F. The Bertz CT molecular complexity index is 540. The van der Waals surface area contributed by atoms with Gasteiger partial charge in [-0.1, -0.05) is 18.2 Å². The Morgan fingerprint density at radius 1 is 1.44 bits per heavy atom. The van der Waals surface area contributed by atoms with Gasteiger partial charge in [0.1, 0.15) is 17.6 Å². The van der Waals surface area contributed by atoms with E-state index in [-0.39, 0.29) is 12.2 Å². The van der Waals surface area contributed by atoms with Crippen LogP contribution in [0.3, 0.4) is 0 Å². The van der Waals surface area contributed by atoms with Crippen molar-refractivity contribution in [3.8, 4) is 5.75 Å². The second kappa shape index (κ2) is 5.18. The molecular formula is C13H15FN2O2. The Hall–Kier alpha value is -1.88. The number of hydrogen-bond donors (Lipinski definition) is 1. The fourth-order valence-electron chi connectivity index (χ4n) is 1.93. The minimum absolute atomic E-state index is 0.183. The van der Waals surface area contributed by atoms with E-state index < -0.39 is 6.10 Å². The van der Waals surface area contributed by atoms with Crippen LogP contribution in [0.15, 0.2) is 30.5 Å². The molecule has 18 heavy (non-hydrogen) atoms. The molecule has 1 aromatic carbocycles. The topological polar surface area (TPSA) is 47.3 Å². The van der Waals surface area contributed by atoms with Crippen molar-refractivity contribution in [3.63, 3.8) is 0 Å². The summed E-state index contributed by atoms with van der Waals surface area (Å²) in [6.45, 7) is 0. The quantitative estimate of drug-likeness (QED) is 0.900. The molecule has 2 aromatic rings. The van der Waals surface area contributed by atoms with Crippen molar-refractivity contribution in [1.29, 1.82) is 0 Å². The largest absolute Gasteiger partial charge is 0.493 e. The van der Waals surface area contributed by atoms with Gasteiger partial charge in [-0.2, -0.15) is 5.10 Å². The van der Waals surface area contributed by atoms with Crippen molar-refractivity contribution in [2.24, 2.45) is 7.05 Å². The van der Waals surface area contributed by atoms with E-state index in [9.17, 15) is 9.50 Å². The molecular weight excluding hydrogens is 235 g/mol. The van der Waals surface area contributed by atoms with E-state index in [2.05, 4.69) is 5.10 Å². The lowest BCUT2D eigenvalue weighted by molar-refractivity contribution is 0.163. The molecule has 0 aliphatic heterocycles. The molecule has 0 aliphatic rings. The van der Waals surface area contributed by atoms with Crippen LogP contribution in [0.1, 0.15) is 17.4 Å². The summed E-state index contributed by atoms with van der Waals surface area (Å²) in [6, 6.07) is 6.39. The second-order valence-electron chi connectivity index (χ2n) is 4.03. The fraction of sp³-hybridized carbons (Fsp3) is 0.308. The van der Waals surface area contributed by atoms with Gasteiger partial charge in [0.05, 0.1) is 13.3 Å². The first-order chi connectivity index (χ1) is 8.63. The zero-order valence-electron chi connectivity index (χ0n) is 10.3. The van der Waals surface area contributed by atoms with E-state index in [1.54, 1.807) is 25.2 Å². The molecule has 0 saturated heterocycles. The smallest absolute Gasteiger partial charge is 0.162 e. The number of aromatic nitrogens is 2. The number of aliphatic hydroxyl groups excluding tert-OH is 1. The van der Waals surface area contributed by atoms with Crippen molar-refractivity contribution in [1.82, 2.24) is 9.78 Å². The number of ether oxygens (including phenoxy) is 1. The van der Waals surface area contributed by atoms with Crippen LogP contribution in [-0.4, -0.2) is 22.0 Å². The lowest BCUT2D eigenvalue weighted by atomic mass is 10.0. The Morgan fingerprint density at radius 3 is 2.83 bits per heavy atom. The molecule has 4 nitrogen and oxygen atoms in total. The van der Waals surface area contributed by atoms with E-state index in [1.165, 1.54) is 24.1 Å². The molecule has 1 heterocycles. The zero-order valence-corrected chi connectivity index (χ0v) is 10.3. The molecule has 0 amide bonds. The van der Waals surface area contributed by atoms with Gasteiger partial charge in [-0.05, 0) is 11.6 Å². The predicted molar refractivity (Wildman–Crippen MR) is 64.8 cm³/mol. The van der Waals surface area contributed by atoms with Crippen LogP contribution in [0, 0.1) is 5.82 Å². The number of aliphatic hydroxyl groups is 1. The lowest BCUT2D eigenvalue weighted by Crippen LogP contribution is -2.10. The summed E-state index contributed by atoms with van der Waals surface area (Å²) in [6.07, 6.45) is 0.854. The first-order valence-electron chi connectivity index (χ1n) is 5.61. The number of aryl methyl sites for hydroxylation is 1. The molecule has 0 bridgehead atoms. The summed E-state index contributed by atoms with van der Waals surface area (Å²) < 4.78 is 20.2. The minimum Gasteiger partial charge on any atom is -0.493 e. The van der Waals surface area contributed by atoms with Crippen molar-refractivity contribution < 1.29 is 14.2 Å². The van der Waals surface area contributed by atoms with Gasteiger partial charge in [-0.25, -0.2) is 4.39 Å². The maximum atomic E-state index is 13.5. The third-order valence-corrected chi connectivity index (χ3v) is 2.86. The maximum absolute atomic E-state index is 13.5. The molecule has 2 rings (SSSR count). The number of benzene rings is 1. The van der Waals surface area contributed by atoms with Gasteiger partial charge < -0.3 is 9.84 Å². The van der Waals surface area contributed by atoms with Crippen molar-refractivity contribution in [2.75, 3.05) is 7.11 Å². The summed E-state index contributed by atoms with van der Waals surface area (Å²) in [5.41, 5.74) is 1.01. The molecule has 5 heteroatoms. The summed E-state index contributed by atoms with van der Waals surface area (Å²) in [5, 5.41) is 14.2. The van der Waals surface area contributed by atoms with Crippen LogP contribution in [-0.2, 0) is 13.5 Å². The third-order valence-electron chi connectivity index (χ3n) is 2.86. The molecule has 96 valence electrons. The van der Waals surface area contributed by atoms with Crippen LogP contribution >= 0.6 is 0 Å². The number of nitrogens with zero attached hydrogens (tertiary/aromatic N) is 2. The highest BCUT2D eigenvalue weighted by Gasteiger charge is 2.19. The average molecular weight is 250 g/mol. The van der Waals surface area contributed by atoms with Crippen molar-refractivity contribution in [2.45, 2.75) is 12.5 Å². The number of methoxy groups -OCH3 is 1. The second-order valence-corrected chi connectivity index (χ2v) is 4.03. The van der Waals surface area contributed by atoms with E-state index in [4.69, 9.17) is 4.74 Å². The Kier molecular flexibility index (Phi) is 3.62. The molecule has 1 aromatic heterocycles. The highest BCUT2D eigenvalue weighted by Crippen LogP contribution is 2.27. The summed E-state index contributed by atoms with van der Waals surface area (Å²) in [4.78, 5) is 0. The van der Waals surface area contributed by atoms with Crippen molar-refractivity contribution in [3.05, 3.63) is 47.5 Å². The van der Waals surface area contributed by atoms with E-state index in [1.807, 2.05) is 0 Å². The molecule has 1 N–H and O–H groups in total. The predicted octanol–water partition coefficient (Wildman–Crippen LogP) is 1.84. The minimum atomic E-state index is -0.857. The van der Waals surface area contributed by atoms with Gasteiger partial charge >= 0.3 is 0 Å². The van der Waals surface area contributed by atoms with E-state index in [0.717, 1.165) is 0 Å². The molecule has 0 saturated carbocycles. The average Bonchev–Trinajstić information content (AvgIpc) is 2.73. The molecule has 0 aliphatic carbocycles. The van der Waals surface area contributed by atoms with Crippen LogP contribution in [0.5, 0.6) is 5.75 Å². The van der Waals surface area contributed by atoms with E-state index >= 15 is 0 Å². The Balaban J connectivity index is 2.24. The number of rotatable bonds is 4. The van der Waals surface area contributed by atoms with E-state index in [0.29, 0.717) is 17.0 Å². The van der Waals surface area contributed by atoms with Gasteiger partial charge in [0.2, 0.25) is 0 Å². The van der Waals surface area contributed by atoms with Crippen LogP contribution < -0.4 is 4.74 Å². The first-order valence-corrected chi connectivity index (χ1v) is 5.61. The van der Waals surface area contributed by atoms with Crippen LogP contribution in [0.25, 0.3) is 0 Å². The van der Waals surface area contributed by atoms with Crippen molar-refractivity contribution >= 4 is 0 Å². The number of halogens is 1. The van der Waals surface area contributed by atoms with Gasteiger partial charge in [-0.15, -0.1) is 0 Å². The standard InChI is InChI=1S/C13H15FN2O2/c1-16-13(12(18-2)8-15-16)11(17)7-9-5-3-4-6-10(9)14/h3-6,8,11,17H,7H2,1-2H3. The highest BCUT2D eigenvalue weighted by atomic mass is 19.1.